The van der Waals surface area contributed by atoms with Crippen LogP contribution in [0.4, 0.5) is 17.5 Å². The van der Waals surface area contributed by atoms with E-state index in [-0.39, 0.29) is 24.5 Å². The van der Waals surface area contributed by atoms with Crippen molar-refractivity contribution < 1.29 is 14.6 Å². The van der Waals surface area contributed by atoms with Gasteiger partial charge in [-0.1, -0.05) is 13.8 Å². The SMILES string of the molecule is COC(=O)c1ccc(Nc2cc(C3CC3)nc(N[C@H](CO)C(C)C)n2)cc1. The predicted molar refractivity (Wildman–Crippen MR) is 104 cm³/mol. The van der Waals surface area contributed by atoms with E-state index >= 15 is 0 Å². The second-order valence-corrected chi connectivity index (χ2v) is 7.15. The molecule has 0 amide bonds. The van der Waals surface area contributed by atoms with Crippen molar-refractivity contribution in [2.45, 2.75) is 38.6 Å². The minimum atomic E-state index is -0.366. The van der Waals surface area contributed by atoms with Gasteiger partial charge in [-0.25, -0.2) is 9.78 Å². The van der Waals surface area contributed by atoms with Crippen molar-refractivity contribution >= 4 is 23.4 Å². The first-order valence-corrected chi connectivity index (χ1v) is 9.22. The summed E-state index contributed by atoms with van der Waals surface area (Å²) in [7, 11) is 1.36. The van der Waals surface area contributed by atoms with Crippen LogP contribution >= 0.6 is 0 Å². The second-order valence-electron chi connectivity index (χ2n) is 7.15. The lowest BCUT2D eigenvalue weighted by Gasteiger charge is -2.20. The molecule has 1 aliphatic rings. The van der Waals surface area contributed by atoms with E-state index in [1.165, 1.54) is 7.11 Å². The van der Waals surface area contributed by atoms with Gasteiger partial charge in [-0.15, -0.1) is 0 Å². The molecular weight excluding hydrogens is 344 g/mol. The van der Waals surface area contributed by atoms with Crippen LogP contribution in [0.25, 0.3) is 0 Å². The summed E-state index contributed by atoms with van der Waals surface area (Å²) >= 11 is 0. The van der Waals surface area contributed by atoms with Gasteiger partial charge >= 0.3 is 5.97 Å². The van der Waals surface area contributed by atoms with Gasteiger partial charge in [0.25, 0.3) is 0 Å². The highest BCUT2D eigenvalue weighted by atomic mass is 16.5. The summed E-state index contributed by atoms with van der Waals surface area (Å²) in [6, 6.07) is 8.88. The Balaban J connectivity index is 1.80. The highest BCUT2D eigenvalue weighted by Gasteiger charge is 2.26. The molecule has 3 rings (SSSR count). The minimum absolute atomic E-state index is 0.0203. The largest absolute Gasteiger partial charge is 0.465 e. The Morgan fingerprint density at radius 3 is 2.52 bits per heavy atom. The molecule has 0 radical (unpaired) electrons. The molecule has 1 aromatic heterocycles. The van der Waals surface area contributed by atoms with Crippen molar-refractivity contribution in [1.29, 1.82) is 0 Å². The Labute approximate surface area is 159 Å². The predicted octanol–water partition coefficient (Wildman–Crippen LogP) is 3.31. The molecule has 0 unspecified atom stereocenters. The van der Waals surface area contributed by atoms with Crippen LogP contribution in [-0.4, -0.2) is 40.8 Å². The summed E-state index contributed by atoms with van der Waals surface area (Å²) in [4.78, 5) is 20.7. The number of esters is 1. The van der Waals surface area contributed by atoms with E-state index in [2.05, 4.69) is 20.6 Å². The summed E-state index contributed by atoms with van der Waals surface area (Å²) in [5.41, 5.74) is 2.31. The van der Waals surface area contributed by atoms with Gasteiger partial charge in [0.2, 0.25) is 5.95 Å². The molecule has 1 heterocycles. The van der Waals surface area contributed by atoms with Gasteiger partial charge in [-0.05, 0) is 43.0 Å². The van der Waals surface area contributed by atoms with Crippen LogP contribution in [0.2, 0.25) is 0 Å². The lowest BCUT2D eigenvalue weighted by atomic mass is 10.1. The van der Waals surface area contributed by atoms with Gasteiger partial charge in [0, 0.05) is 17.7 Å². The van der Waals surface area contributed by atoms with Crippen LogP contribution in [-0.2, 0) is 4.74 Å². The average Bonchev–Trinajstić information content (AvgIpc) is 3.51. The number of benzene rings is 1. The summed E-state index contributed by atoms with van der Waals surface area (Å²) in [6.07, 6.45) is 2.27. The van der Waals surface area contributed by atoms with E-state index in [4.69, 9.17) is 4.74 Å². The topological polar surface area (TPSA) is 96.4 Å². The normalized spacial score (nSPS) is 14.7. The molecule has 7 nitrogen and oxygen atoms in total. The quantitative estimate of drug-likeness (QED) is 0.613. The number of carbonyl (C=O) groups excluding carboxylic acids is 1. The van der Waals surface area contributed by atoms with E-state index in [0.717, 1.165) is 24.2 Å². The molecule has 0 saturated heterocycles. The van der Waals surface area contributed by atoms with Gasteiger partial charge in [0.15, 0.2) is 0 Å². The first-order chi connectivity index (χ1) is 13.0. The van der Waals surface area contributed by atoms with Crippen molar-refractivity contribution in [2.75, 3.05) is 24.4 Å². The van der Waals surface area contributed by atoms with Crippen molar-refractivity contribution in [1.82, 2.24) is 9.97 Å². The molecule has 1 atom stereocenters. The Hall–Kier alpha value is -2.67. The van der Waals surface area contributed by atoms with Crippen molar-refractivity contribution in [3.05, 3.63) is 41.6 Å². The van der Waals surface area contributed by atoms with E-state index in [1.807, 2.05) is 32.0 Å². The fourth-order valence-electron chi connectivity index (χ4n) is 2.73. The number of hydrogen-bond acceptors (Lipinski definition) is 7. The number of carbonyl (C=O) groups is 1. The molecule has 1 fully saturated rings. The summed E-state index contributed by atoms with van der Waals surface area (Å²) in [5.74, 6) is 1.56. The van der Waals surface area contributed by atoms with Crippen LogP contribution in [0.1, 0.15) is 48.7 Å². The highest BCUT2D eigenvalue weighted by molar-refractivity contribution is 5.89. The van der Waals surface area contributed by atoms with Crippen LogP contribution in [0.3, 0.4) is 0 Å². The number of rotatable bonds is 8. The lowest BCUT2D eigenvalue weighted by molar-refractivity contribution is 0.0601. The first kappa shape index (κ1) is 19.1. The van der Waals surface area contributed by atoms with Gasteiger partial charge in [-0.3, -0.25) is 0 Å². The number of nitrogens with one attached hydrogen (secondary N) is 2. The van der Waals surface area contributed by atoms with E-state index in [0.29, 0.717) is 23.2 Å². The number of anilines is 3. The molecule has 144 valence electrons. The number of methoxy groups -OCH3 is 1. The number of aliphatic hydroxyl groups is 1. The second kappa shape index (κ2) is 8.35. The van der Waals surface area contributed by atoms with Crippen LogP contribution < -0.4 is 10.6 Å². The maximum atomic E-state index is 11.5. The fourth-order valence-corrected chi connectivity index (χ4v) is 2.73. The smallest absolute Gasteiger partial charge is 0.337 e. The highest BCUT2D eigenvalue weighted by Crippen LogP contribution is 2.40. The van der Waals surface area contributed by atoms with Crippen LogP contribution in [0.5, 0.6) is 0 Å². The zero-order chi connectivity index (χ0) is 19.4. The standard InChI is InChI=1S/C20H26N4O3/c1-12(2)17(11-25)23-20-22-16(13-4-5-13)10-18(24-20)21-15-8-6-14(7-9-15)19(26)27-3/h6-10,12-13,17,25H,4-5,11H2,1-3H3,(H2,21,22,23,24)/t17-/m1/s1. The Bertz CT molecular complexity index is 788. The third-order valence-electron chi connectivity index (χ3n) is 4.64. The number of aliphatic hydroxyl groups excluding tert-OH is 1. The van der Waals surface area contributed by atoms with E-state index < -0.39 is 0 Å². The summed E-state index contributed by atoms with van der Waals surface area (Å²) in [6.45, 7) is 4.10. The van der Waals surface area contributed by atoms with Crippen molar-refractivity contribution in [3.8, 4) is 0 Å². The fraction of sp³-hybridized carbons (Fsp3) is 0.450. The zero-order valence-corrected chi connectivity index (χ0v) is 15.9. The van der Waals surface area contributed by atoms with Crippen LogP contribution in [0.15, 0.2) is 30.3 Å². The van der Waals surface area contributed by atoms with E-state index in [9.17, 15) is 9.90 Å². The molecule has 1 saturated carbocycles. The maximum absolute atomic E-state index is 11.5. The lowest BCUT2D eigenvalue weighted by Crippen LogP contribution is -2.30. The molecule has 0 aliphatic heterocycles. The van der Waals surface area contributed by atoms with Crippen molar-refractivity contribution in [3.63, 3.8) is 0 Å². The van der Waals surface area contributed by atoms with Gasteiger partial charge in [-0.2, -0.15) is 4.98 Å². The van der Waals surface area contributed by atoms with Gasteiger partial charge < -0.3 is 20.5 Å². The Morgan fingerprint density at radius 1 is 1.26 bits per heavy atom. The monoisotopic (exact) mass is 370 g/mol. The molecule has 2 aromatic rings. The van der Waals surface area contributed by atoms with Crippen LogP contribution in [0, 0.1) is 5.92 Å². The minimum Gasteiger partial charge on any atom is -0.465 e. The average molecular weight is 370 g/mol. The molecular formula is C20H26N4O3. The third-order valence-corrected chi connectivity index (χ3v) is 4.64. The molecule has 0 bridgehead atoms. The van der Waals surface area contributed by atoms with Gasteiger partial charge in [0.1, 0.15) is 5.82 Å². The van der Waals surface area contributed by atoms with Crippen molar-refractivity contribution in [2.24, 2.45) is 5.92 Å². The first-order valence-electron chi connectivity index (χ1n) is 9.22. The zero-order valence-electron chi connectivity index (χ0n) is 15.9. The number of nitrogens with zero attached hydrogens (tertiary/aromatic N) is 2. The Morgan fingerprint density at radius 2 is 1.96 bits per heavy atom. The molecule has 1 aromatic carbocycles. The summed E-state index contributed by atoms with van der Waals surface area (Å²) in [5, 5.41) is 16.1. The van der Waals surface area contributed by atoms with E-state index in [1.54, 1.807) is 12.1 Å². The third kappa shape index (κ3) is 4.95. The maximum Gasteiger partial charge on any atom is 0.337 e. The molecule has 0 spiro atoms. The molecule has 1 aliphatic carbocycles. The molecule has 7 heteroatoms. The number of ether oxygens (including phenoxy) is 1. The number of aromatic nitrogens is 2. The summed E-state index contributed by atoms with van der Waals surface area (Å²) < 4.78 is 4.72. The molecule has 27 heavy (non-hydrogen) atoms. The number of hydrogen-bond donors (Lipinski definition) is 3. The molecule has 3 N–H and O–H groups in total. The Kier molecular flexibility index (Phi) is 5.91. The van der Waals surface area contributed by atoms with Gasteiger partial charge in [0.05, 0.1) is 31.0 Å².